The van der Waals surface area contributed by atoms with Crippen LogP contribution < -0.4 is 5.32 Å². The van der Waals surface area contributed by atoms with Gasteiger partial charge in [0, 0.05) is 30.1 Å². The van der Waals surface area contributed by atoms with Crippen molar-refractivity contribution in [2.45, 2.75) is 6.54 Å². The molecular formula is C20H16N6O. The number of aromatic nitrogens is 5. The van der Waals surface area contributed by atoms with Crippen LogP contribution in [0.25, 0.3) is 28.3 Å². The first-order valence-corrected chi connectivity index (χ1v) is 8.70. The van der Waals surface area contributed by atoms with E-state index in [-0.39, 0.29) is 5.91 Å². The highest BCUT2D eigenvalue weighted by atomic mass is 16.2. The maximum absolute atomic E-state index is 12.0. The van der Waals surface area contributed by atoms with Gasteiger partial charge in [-0.15, -0.1) is 0 Å². The molecule has 1 amide bonds. The Morgan fingerprint density at radius 3 is 2.70 bits per heavy atom. The second-order valence-electron chi connectivity index (χ2n) is 6.33. The van der Waals surface area contributed by atoms with Crippen LogP contribution in [0.4, 0.5) is 0 Å². The third-order valence-corrected chi connectivity index (χ3v) is 4.58. The smallest absolute Gasteiger partial charge is 0.269 e. The molecule has 5 rings (SSSR count). The number of rotatable bonds is 3. The fourth-order valence-corrected chi connectivity index (χ4v) is 3.20. The van der Waals surface area contributed by atoms with Crippen LogP contribution in [-0.4, -0.2) is 36.8 Å². The Kier molecular flexibility index (Phi) is 3.57. The van der Waals surface area contributed by atoms with Crippen LogP contribution in [0.15, 0.2) is 67.3 Å². The standard InChI is InChI=1S/C20H16N6O/c27-20-18-11-16(24-26(18)9-8-22-20)15-6-7-21-19(10-15)25-12-17(23-13-25)14-4-2-1-3-5-14/h1-7,10-13H,8-9H2,(H,22,27). The molecule has 0 radical (unpaired) electrons. The molecule has 0 atom stereocenters. The number of pyridine rings is 1. The molecule has 7 nitrogen and oxygen atoms in total. The number of benzene rings is 1. The lowest BCUT2D eigenvalue weighted by Gasteiger charge is -2.13. The van der Waals surface area contributed by atoms with Gasteiger partial charge in [-0.3, -0.25) is 14.0 Å². The van der Waals surface area contributed by atoms with Gasteiger partial charge in [-0.25, -0.2) is 9.97 Å². The third kappa shape index (κ3) is 2.79. The quantitative estimate of drug-likeness (QED) is 0.612. The molecule has 4 heterocycles. The summed E-state index contributed by atoms with van der Waals surface area (Å²) in [6, 6.07) is 15.7. The molecule has 1 aliphatic rings. The number of imidazole rings is 1. The first kappa shape index (κ1) is 15.5. The summed E-state index contributed by atoms with van der Waals surface area (Å²) >= 11 is 0. The van der Waals surface area contributed by atoms with Crippen molar-refractivity contribution in [3.05, 3.63) is 72.9 Å². The highest BCUT2D eigenvalue weighted by molar-refractivity contribution is 5.94. The molecule has 1 aromatic carbocycles. The minimum Gasteiger partial charge on any atom is -0.349 e. The van der Waals surface area contributed by atoms with E-state index in [1.54, 1.807) is 17.2 Å². The van der Waals surface area contributed by atoms with Crippen LogP contribution in [0.2, 0.25) is 0 Å². The second-order valence-corrected chi connectivity index (χ2v) is 6.33. The van der Waals surface area contributed by atoms with E-state index in [4.69, 9.17) is 0 Å². The molecular weight excluding hydrogens is 340 g/mol. The zero-order valence-corrected chi connectivity index (χ0v) is 14.4. The lowest BCUT2D eigenvalue weighted by atomic mass is 10.1. The van der Waals surface area contributed by atoms with E-state index in [0.29, 0.717) is 18.8 Å². The van der Waals surface area contributed by atoms with E-state index in [9.17, 15) is 4.79 Å². The average molecular weight is 356 g/mol. The molecule has 4 aromatic rings. The van der Waals surface area contributed by atoms with Crippen LogP contribution in [0, 0.1) is 0 Å². The molecule has 0 saturated heterocycles. The first-order valence-electron chi connectivity index (χ1n) is 8.70. The number of carbonyl (C=O) groups excluding carboxylic acids is 1. The third-order valence-electron chi connectivity index (χ3n) is 4.58. The second kappa shape index (κ2) is 6.21. The SMILES string of the molecule is O=C1NCCn2nc(-c3ccnc(-n4cnc(-c5ccccc5)c4)c3)cc21. The Bertz CT molecular complexity index is 1130. The van der Waals surface area contributed by atoms with Crippen LogP contribution >= 0.6 is 0 Å². The van der Waals surface area contributed by atoms with Crippen LogP contribution in [0.5, 0.6) is 0 Å². The van der Waals surface area contributed by atoms with Crippen LogP contribution in [-0.2, 0) is 6.54 Å². The Hall–Kier alpha value is -3.74. The molecule has 0 unspecified atom stereocenters. The molecule has 0 spiro atoms. The fourth-order valence-electron chi connectivity index (χ4n) is 3.20. The van der Waals surface area contributed by atoms with E-state index in [1.165, 1.54) is 0 Å². The minimum absolute atomic E-state index is 0.0867. The number of nitrogens with one attached hydrogen (secondary N) is 1. The molecule has 7 heteroatoms. The van der Waals surface area contributed by atoms with Crippen molar-refractivity contribution in [3.8, 4) is 28.3 Å². The van der Waals surface area contributed by atoms with Gasteiger partial charge < -0.3 is 5.32 Å². The van der Waals surface area contributed by atoms with Gasteiger partial charge >= 0.3 is 0 Å². The topological polar surface area (TPSA) is 77.6 Å². The van der Waals surface area contributed by atoms with Gasteiger partial charge in [-0.2, -0.15) is 5.10 Å². The minimum atomic E-state index is -0.0867. The van der Waals surface area contributed by atoms with Gasteiger partial charge in [0.1, 0.15) is 17.8 Å². The zero-order chi connectivity index (χ0) is 18.2. The molecule has 1 aliphatic heterocycles. The van der Waals surface area contributed by atoms with E-state index in [1.807, 2.05) is 59.3 Å². The summed E-state index contributed by atoms with van der Waals surface area (Å²) in [5.41, 5.74) is 4.19. The summed E-state index contributed by atoms with van der Waals surface area (Å²) < 4.78 is 3.63. The summed E-state index contributed by atoms with van der Waals surface area (Å²) in [5, 5.41) is 7.40. The molecule has 1 N–H and O–H groups in total. The Morgan fingerprint density at radius 2 is 1.85 bits per heavy atom. The van der Waals surface area contributed by atoms with Gasteiger partial charge in [0.15, 0.2) is 0 Å². The average Bonchev–Trinajstić information content (AvgIpc) is 3.37. The number of nitrogens with zero attached hydrogens (tertiary/aromatic N) is 5. The van der Waals surface area contributed by atoms with Gasteiger partial charge in [0.25, 0.3) is 5.91 Å². The molecule has 0 saturated carbocycles. The molecule has 132 valence electrons. The fraction of sp³-hybridized carbons (Fsp3) is 0.100. The first-order chi connectivity index (χ1) is 13.3. The van der Waals surface area contributed by atoms with E-state index in [0.717, 1.165) is 28.3 Å². The maximum atomic E-state index is 12.0. The van der Waals surface area contributed by atoms with Crippen molar-refractivity contribution in [3.63, 3.8) is 0 Å². The predicted molar refractivity (Wildman–Crippen MR) is 100 cm³/mol. The van der Waals surface area contributed by atoms with Crippen LogP contribution in [0.3, 0.4) is 0 Å². The van der Waals surface area contributed by atoms with Gasteiger partial charge in [0.2, 0.25) is 0 Å². The van der Waals surface area contributed by atoms with Gasteiger partial charge in [-0.05, 0) is 18.2 Å². The lowest BCUT2D eigenvalue weighted by Crippen LogP contribution is -2.35. The van der Waals surface area contributed by atoms with E-state index < -0.39 is 0 Å². The van der Waals surface area contributed by atoms with E-state index in [2.05, 4.69) is 20.4 Å². The molecule has 0 aliphatic carbocycles. The number of fused-ring (bicyclic) bond motifs is 1. The highest BCUT2D eigenvalue weighted by Gasteiger charge is 2.20. The summed E-state index contributed by atoms with van der Waals surface area (Å²) in [4.78, 5) is 20.9. The summed E-state index contributed by atoms with van der Waals surface area (Å²) in [5.74, 6) is 0.661. The van der Waals surface area contributed by atoms with Crippen molar-refractivity contribution in [1.82, 2.24) is 29.6 Å². The van der Waals surface area contributed by atoms with Crippen molar-refractivity contribution < 1.29 is 4.79 Å². The number of carbonyl (C=O) groups is 1. The Labute approximate surface area is 155 Å². The van der Waals surface area contributed by atoms with Gasteiger partial charge in [-0.1, -0.05) is 30.3 Å². The lowest BCUT2D eigenvalue weighted by molar-refractivity contribution is 0.0924. The normalized spacial score (nSPS) is 13.3. The number of hydrogen-bond donors (Lipinski definition) is 1. The zero-order valence-electron chi connectivity index (χ0n) is 14.4. The Balaban J connectivity index is 1.50. The number of hydrogen-bond acceptors (Lipinski definition) is 4. The number of amides is 1. The monoisotopic (exact) mass is 356 g/mol. The molecule has 27 heavy (non-hydrogen) atoms. The van der Waals surface area contributed by atoms with E-state index >= 15 is 0 Å². The summed E-state index contributed by atoms with van der Waals surface area (Å²) in [7, 11) is 0. The van der Waals surface area contributed by atoms with Crippen molar-refractivity contribution in [2.75, 3.05) is 6.54 Å². The maximum Gasteiger partial charge on any atom is 0.269 e. The van der Waals surface area contributed by atoms with Gasteiger partial charge in [0.05, 0.1) is 17.9 Å². The molecule has 3 aromatic heterocycles. The molecule has 0 fully saturated rings. The van der Waals surface area contributed by atoms with Crippen molar-refractivity contribution >= 4 is 5.91 Å². The summed E-state index contributed by atoms with van der Waals surface area (Å²) in [6.07, 6.45) is 5.44. The highest BCUT2D eigenvalue weighted by Crippen LogP contribution is 2.23. The van der Waals surface area contributed by atoms with Crippen LogP contribution in [0.1, 0.15) is 10.5 Å². The molecule has 0 bridgehead atoms. The van der Waals surface area contributed by atoms with Crippen molar-refractivity contribution in [1.29, 1.82) is 0 Å². The van der Waals surface area contributed by atoms with Crippen molar-refractivity contribution in [2.24, 2.45) is 0 Å². The Morgan fingerprint density at radius 1 is 0.963 bits per heavy atom. The predicted octanol–water partition coefficient (Wildman–Crippen LogP) is 2.54. The summed E-state index contributed by atoms with van der Waals surface area (Å²) in [6.45, 7) is 1.28. The largest absolute Gasteiger partial charge is 0.349 e.